The minimum Gasteiger partial charge on any atom is -0.396 e. The molecule has 1 rings (SSSR count). The Kier molecular flexibility index (Phi) is 3.59. The number of nitro groups is 1. The molecule has 4 heteroatoms. The molecule has 0 aromatic heterocycles. The number of benzene rings is 1. The number of hydrogen-bond acceptors (Lipinski definition) is 3. The maximum atomic E-state index is 10.7. The van der Waals surface area contributed by atoms with Crippen molar-refractivity contribution in [2.75, 3.05) is 6.61 Å². The lowest BCUT2D eigenvalue weighted by Gasteiger charge is -2.04. The highest BCUT2D eigenvalue weighted by atomic mass is 16.6. The topological polar surface area (TPSA) is 63.4 Å². The molecule has 4 nitrogen and oxygen atoms in total. The number of hydrogen-bond donors (Lipinski definition) is 1. The van der Waals surface area contributed by atoms with E-state index in [2.05, 4.69) is 0 Å². The molecule has 0 atom stereocenters. The summed E-state index contributed by atoms with van der Waals surface area (Å²) >= 11 is 0. The van der Waals surface area contributed by atoms with Crippen molar-refractivity contribution >= 4 is 5.69 Å². The van der Waals surface area contributed by atoms with Gasteiger partial charge >= 0.3 is 0 Å². The van der Waals surface area contributed by atoms with Crippen LogP contribution in [0.25, 0.3) is 0 Å². The van der Waals surface area contributed by atoms with E-state index in [0.29, 0.717) is 12.8 Å². The highest BCUT2D eigenvalue weighted by Crippen LogP contribution is 2.22. The van der Waals surface area contributed by atoms with E-state index in [1.807, 2.05) is 13.0 Å². The number of nitrogens with zero attached hydrogens (tertiary/aromatic N) is 1. The summed E-state index contributed by atoms with van der Waals surface area (Å²) in [6.07, 6.45) is 1.12. The lowest BCUT2D eigenvalue weighted by Crippen LogP contribution is -1.99. The predicted octanol–water partition coefficient (Wildman–Crippen LogP) is 1.83. The van der Waals surface area contributed by atoms with Crippen LogP contribution in [0.5, 0.6) is 0 Å². The highest BCUT2D eigenvalue weighted by molar-refractivity contribution is 5.45. The Morgan fingerprint density at radius 3 is 2.79 bits per heavy atom. The quantitative estimate of drug-likeness (QED) is 0.588. The van der Waals surface area contributed by atoms with Gasteiger partial charge in [-0.3, -0.25) is 10.1 Å². The van der Waals surface area contributed by atoms with E-state index in [-0.39, 0.29) is 17.2 Å². The van der Waals surface area contributed by atoms with Crippen LogP contribution in [0.1, 0.15) is 17.5 Å². The molecule has 0 aliphatic carbocycles. The summed E-state index contributed by atoms with van der Waals surface area (Å²) in [5, 5.41) is 19.4. The Morgan fingerprint density at radius 2 is 2.21 bits per heavy atom. The number of aliphatic hydroxyl groups is 1. The molecule has 1 aromatic rings. The van der Waals surface area contributed by atoms with E-state index >= 15 is 0 Å². The van der Waals surface area contributed by atoms with E-state index in [1.165, 1.54) is 6.07 Å². The van der Waals surface area contributed by atoms with Crippen LogP contribution < -0.4 is 0 Å². The molecular formula is C10H13NO3. The lowest BCUT2D eigenvalue weighted by molar-refractivity contribution is -0.385. The Morgan fingerprint density at radius 1 is 1.50 bits per heavy atom. The summed E-state index contributed by atoms with van der Waals surface area (Å²) < 4.78 is 0. The van der Waals surface area contributed by atoms with Gasteiger partial charge in [-0.1, -0.05) is 12.1 Å². The molecule has 0 aliphatic heterocycles. The van der Waals surface area contributed by atoms with Crippen LogP contribution in [0.3, 0.4) is 0 Å². The zero-order chi connectivity index (χ0) is 10.6. The van der Waals surface area contributed by atoms with Crippen LogP contribution >= 0.6 is 0 Å². The van der Waals surface area contributed by atoms with Gasteiger partial charge in [-0.25, -0.2) is 0 Å². The van der Waals surface area contributed by atoms with Gasteiger partial charge in [-0.05, 0) is 25.3 Å². The molecule has 14 heavy (non-hydrogen) atoms. The number of aryl methyl sites for hydroxylation is 1. The molecule has 0 aliphatic rings. The molecule has 1 aromatic carbocycles. The largest absolute Gasteiger partial charge is 0.396 e. The van der Waals surface area contributed by atoms with Gasteiger partial charge in [0, 0.05) is 18.2 Å². The Labute approximate surface area is 82.3 Å². The summed E-state index contributed by atoms with van der Waals surface area (Å²) in [5.74, 6) is 0. The molecule has 0 amide bonds. The fourth-order valence-corrected chi connectivity index (χ4v) is 1.44. The van der Waals surface area contributed by atoms with E-state index in [0.717, 1.165) is 11.1 Å². The Bertz CT molecular complexity index is 336. The summed E-state index contributed by atoms with van der Waals surface area (Å²) in [4.78, 5) is 10.3. The third-order valence-electron chi connectivity index (χ3n) is 2.17. The fraction of sp³-hybridized carbons (Fsp3) is 0.400. The van der Waals surface area contributed by atoms with Gasteiger partial charge < -0.3 is 5.11 Å². The van der Waals surface area contributed by atoms with Crippen LogP contribution in [-0.2, 0) is 6.42 Å². The van der Waals surface area contributed by atoms with Gasteiger partial charge in [0.25, 0.3) is 5.69 Å². The molecular weight excluding hydrogens is 182 g/mol. The number of nitro benzene ring substituents is 1. The molecule has 0 saturated heterocycles. The van der Waals surface area contributed by atoms with Crippen molar-refractivity contribution in [2.45, 2.75) is 19.8 Å². The first kappa shape index (κ1) is 10.7. The molecule has 0 heterocycles. The second-order valence-electron chi connectivity index (χ2n) is 3.16. The van der Waals surface area contributed by atoms with Gasteiger partial charge in [0.05, 0.1) is 4.92 Å². The first-order valence-electron chi connectivity index (χ1n) is 4.50. The first-order valence-corrected chi connectivity index (χ1v) is 4.50. The molecule has 0 saturated carbocycles. The van der Waals surface area contributed by atoms with Crippen LogP contribution in [-0.4, -0.2) is 16.6 Å². The zero-order valence-electron chi connectivity index (χ0n) is 8.06. The van der Waals surface area contributed by atoms with Crippen molar-refractivity contribution in [2.24, 2.45) is 0 Å². The highest BCUT2D eigenvalue weighted by Gasteiger charge is 2.14. The van der Waals surface area contributed by atoms with Gasteiger partial charge in [0.2, 0.25) is 0 Å². The molecule has 76 valence electrons. The second kappa shape index (κ2) is 4.72. The van der Waals surface area contributed by atoms with E-state index in [9.17, 15) is 10.1 Å². The Balaban J connectivity index is 3.02. The smallest absolute Gasteiger partial charge is 0.272 e. The average molecular weight is 195 g/mol. The van der Waals surface area contributed by atoms with Gasteiger partial charge in [0.15, 0.2) is 0 Å². The summed E-state index contributed by atoms with van der Waals surface area (Å²) in [5.41, 5.74) is 1.79. The third-order valence-corrected chi connectivity index (χ3v) is 2.17. The maximum Gasteiger partial charge on any atom is 0.272 e. The normalized spacial score (nSPS) is 10.1. The molecule has 0 unspecified atom stereocenters. The van der Waals surface area contributed by atoms with Crippen molar-refractivity contribution in [1.82, 2.24) is 0 Å². The average Bonchev–Trinajstić information content (AvgIpc) is 2.15. The van der Waals surface area contributed by atoms with E-state index in [1.54, 1.807) is 6.07 Å². The van der Waals surface area contributed by atoms with Crippen LogP contribution in [0.15, 0.2) is 18.2 Å². The molecule has 1 N–H and O–H groups in total. The summed E-state index contributed by atoms with van der Waals surface area (Å²) in [7, 11) is 0. The predicted molar refractivity (Wildman–Crippen MR) is 53.2 cm³/mol. The van der Waals surface area contributed by atoms with Crippen molar-refractivity contribution in [1.29, 1.82) is 0 Å². The van der Waals surface area contributed by atoms with Crippen molar-refractivity contribution in [3.05, 3.63) is 39.4 Å². The van der Waals surface area contributed by atoms with Crippen molar-refractivity contribution < 1.29 is 10.0 Å². The molecule has 0 bridgehead atoms. The maximum absolute atomic E-state index is 10.7. The summed E-state index contributed by atoms with van der Waals surface area (Å²) in [6.45, 7) is 1.91. The van der Waals surface area contributed by atoms with E-state index in [4.69, 9.17) is 5.11 Å². The number of aliphatic hydroxyl groups excluding tert-OH is 1. The minimum atomic E-state index is -0.375. The van der Waals surface area contributed by atoms with Gasteiger partial charge in [-0.15, -0.1) is 0 Å². The van der Waals surface area contributed by atoms with Crippen LogP contribution in [0, 0.1) is 17.0 Å². The van der Waals surface area contributed by atoms with Crippen LogP contribution in [0.4, 0.5) is 5.69 Å². The fourth-order valence-electron chi connectivity index (χ4n) is 1.44. The van der Waals surface area contributed by atoms with E-state index < -0.39 is 0 Å². The molecule has 0 spiro atoms. The minimum absolute atomic E-state index is 0.0610. The standard InChI is InChI=1S/C10H13NO3/c1-8-4-2-6-10(11(13)14)9(8)5-3-7-12/h2,4,6,12H,3,5,7H2,1H3. The summed E-state index contributed by atoms with van der Waals surface area (Å²) in [6, 6.07) is 5.02. The monoisotopic (exact) mass is 195 g/mol. The lowest BCUT2D eigenvalue weighted by atomic mass is 10.0. The zero-order valence-corrected chi connectivity index (χ0v) is 8.06. The SMILES string of the molecule is Cc1cccc([N+](=O)[O-])c1CCCO. The Hall–Kier alpha value is -1.42. The molecule has 0 radical (unpaired) electrons. The molecule has 0 fully saturated rings. The van der Waals surface area contributed by atoms with Crippen molar-refractivity contribution in [3.63, 3.8) is 0 Å². The number of rotatable bonds is 4. The van der Waals surface area contributed by atoms with Crippen molar-refractivity contribution in [3.8, 4) is 0 Å². The van der Waals surface area contributed by atoms with Crippen LogP contribution in [0.2, 0.25) is 0 Å². The second-order valence-corrected chi connectivity index (χ2v) is 3.16. The first-order chi connectivity index (χ1) is 6.66. The van der Waals surface area contributed by atoms with Gasteiger partial charge in [0.1, 0.15) is 0 Å². The third kappa shape index (κ3) is 2.29. The van der Waals surface area contributed by atoms with Gasteiger partial charge in [-0.2, -0.15) is 0 Å².